The van der Waals surface area contributed by atoms with Crippen LogP contribution in [0, 0.1) is 6.92 Å². The molecule has 1 aliphatic heterocycles. The molecule has 0 spiro atoms. The van der Waals surface area contributed by atoms with Crippen LogP contribution in [-0.2, 0) is 26.6 Å². The zero-order valence-corrected chi connectivity index (χ0v) is 21.0. The lowest BCUT2D eigenvalue weighted by atomic mass is 10.0. The van der Waals surface area contributed by atoms with Crippen LogP contribution in [0.25, 0.3) is 22.3 Å². The third kappa shape index (κ3) is 4.84. The largest absolute Gasteiger partial charge is 0.310 e. The fourth-order valence-corrected chi connectivity index (χ4v) is 4.95. The Hall–Kier alpha value is -3.52. The van der Waals surface area contributed by atoms with E-state index in [1.165, 1.54) is 5.56 Å². The number of amides is 1. The molecule has 0 aliphatic carbocycles. The smallest absolute Gasteiger partial charge is 0.258 e. The van der Waals surface area contributed by atoms with Crippen LogP contribution in [-0.4, -0.2) is 49.2 Å². The number of aromatic nitrogens is 5. The molecule has 182 valence electrons. The van der Waals surface area contributed by atoms with Gasteiger partial charge in [0, 0.05) is 42.7 Å². The fraction of sp³-hybridized carbons (Fsp3) is 0.407. The van der Waals surface area contributed by atoms with Gasteiger partial charge in [0.1, 0.15) is 0 Å². The van der Waals surface area contributed by atoms with E-state index < -0.39 is 0 Å². The summed E-state index contributed by atoms with van der Waals surface area (Å²) in [4.78, 5) is 25.1. The second-order valence-electron chi connectivity index (χ2n) is 9.78. The summed E-state index contributed by atoms with van der Waals surface area (Å²) in [5.41, 5.74) is 7.52. The molecule has 0 fully saturated rings. The van der Waals surface area contributed by atoms with Gasteiger partial charge in [0.15, 0.2) is 0 Å². The number of benzene rings is 1. The van der Waals surface area contributed by atoms with E-state index in [2.05, 4.69) is 52.2 Å². The van der Waals surface area contributed by atoms with E-state index in [1.807, 2.05) is 37.0 Å². The highest BCUT2D eigenvalue weighted by atomic mass is 16.1. The summed E-state index contributed by atoms with van der Waals surface area (Å²) in [6.07, 6.45) is 7.17. The standard InChI is InChI=1S/C27H33N7O/c1-18-13-20-15-23(29-18)21-16-28-33(4)24(21)9-7-5-6-8-12-34-25-14-19(17-32(2)3)10-11-22(25)30-27(34)31-26(20)35/h10-11,13-16H,5-9,12,17H2,1-4H3,(H,30,31,35). The maximum atomic E-state index is 13.4. The lowest BCUT2D eigenvalue weighted by Crippen LogP contribution is -2.17. The number of anilines is 1. The van der Waals surface area contributed by atoms with Gasteiger partial charge in [0.25, 0.3) is 5.91 Å². The maximum absolute atomic E-state index is 13.4. The van der Waals surface area contributed by atoms with Crippen LogP contribution in [0.3, 0.4) is 0 Å². The Morgan fingerprint density at radius 3 is 2.71 bits per heavy atom. The first-order chi connectivity index (χ1) is 16.9. The number of carbonyl (C=O) groups excluding carboxylic acids is 1. The number of rotatable bonds is 2. The SMILES string of the molecule is Cc1cc2cc(n1)-c1cnn(C)c1CCCCCCn1c(nc3ccc(CN(C)C)cc31)NC2=O. The van der Waals surface area contributed by atoms with Crippen LogP contribution in [0.2, 0.25) is 0 Å². The Labute approximate surface area is 206 Å². The summed E-state index contributed by atoms with van der Waals surface area (Å²) in [5, 5.41) is 7.58. The predicted molar refractivity (Wildman–Crippen MR) is 138 cm³/mol. The highest BCUT2D eigenvalue weighted by molar-refractivity contribution is 6.04. The summed E-state index contributed by atoms with van der Waals surface area (Å²) >= 11 is 0. The molecule has 8 heteroatoms. The third-order valence-electron chi connectivity index (χ3n) is 6.64. The molecular formula is C27H33N7O. The van der Waals surface area contributed by atoms with Gasteiger partial charge in [-0.1, -0.05) is 18.9 Å². The van der Waals surface area contributed by atoms with Gasteiger partial charge in [-0.3, -0.25) is 19.8 Å². The van der Waals surface area contributed by atoms with Crippen LogP contribution < -0.4 is 5.32 Å². The summed E-state index contributed by atoms with van der Waals surface area (Å²) in [6, 6.07) is 10.1. The van der Waals surface area contributed by atoms with Gasteiger partial charge in [-0.25, -0.2) is 4.98 Å². The highest BCUT2D eigenvalue weighted by Gasteiger charge is 2.19. The van der Waals surface area contributed by atoms with Gasteiger partial charge in [0.2, 0.25) is 5.95 Å². The first kappa shape index (κ1) is 23.2. The van der Waals surface area contributed by atoms with Gasteiger partial charge in [-0.15, -0.1) is 0 Å². The molecule has 0 unspecified atom stereocenters. The van der Waals surface area contributed by atoms with Crippen molar-refractivity contribution in [1.29, 1.82) is 0 Å². The molecule has 0 radical (unpaired) electrons. The second-order valence-corrected chi connectivity index (χ2v) is 9.78. The van der Waals surface area contributed by atoms with Gasteiger partial charge < -0.3 is 9.47 Å². The van der Waals surface area contributed by atoms with Gasteiger partial charge in [-0.2, -0.15) is 5.10 Å². The average molecular weight is 472 g/mol. The molecule has 1 amide bonds. The molecule has 4 heterocycles. The molecule has 1 aromatic carbocycles. The lowest BCUT2D eigenvalue weighted by molar-refractivity contribution is 0.102. The number of nitrogens with one attached hydrogen (secondary N) is 1. The molecule has 0 saturated heterocycles. The molecular weight excluding hydrogens is 438 g/mol. The number of fused-ring (bicyclic) bond motifs is 7. The van der Waals surface area contributed by atoms with E-state index in [4.69, 9.17) is 9.97 Å². The molecule has 0 atom stereocenters. The summed E-state index contributed by atoms with van der Waals surface area (Å²) in [5.74, 6) is 0.419. The van der Waals surface area contributed by atoms with Gasteiger partial charge in [-0.05, 0) is 70.1 Å². The average Bonchev–Trinajstić information content (AvgIpc) is 3.34. The van der Waals surface area contributed by atoms with Crippen molar-refractivity contribution < 1.29 is 4.79 Å². The summed E-state index contributed by atoms with van der Waals surface area (Å²) in [6.45, 7) is 3.60. The predicted octanol–water partition coefficient (Wildman–Crippen LogP) is 4.57. The van der Waals surface area contributed by atoms with Crippen LogP contribution >= 0.6 is 0 Å². The van der Waals surface area contributed by atoms with E-state index >= 15 is 0 Å². The van der Waals surface area contributed by atoms with Crippen molar-refractivity contribution >= 4 is 22.9 Å². The quantitative estimate of drug-likeness (QED) is 0.463. The van der Waals surface area contributed by atoms with E-state index in [9.17, 15) is 4.79 Å². The Balaban J connectivity index is 1.57. The Morgan fingerprint density at radius 2 is 1.89 bits per heavy atom. The van der Waals surface area contributed by atoms with Crippen molar-refractivity contribution in [2.75, 3.05) is 19.4 Å². The number of carbonyl (C=O) groups is 1. The molecule has 8 nitrogen and oxygen atoms in total. The number of hydrogen-bond acceptors (Lipinski definition) is 5. The van der Waals surface area contributed by atoms with Crippen molar-refractivity contribution in [3.8, 4) is 11.3 Å². The number of pyridine rings is 1. The molecule has 5 rings (SSSR count). The number of hydrogen-bond donors (Lipinski definition) is 1. The van der Waals surface area contributed by atoms with E-state index in [0.29, 0.717) is 11.5 Å². The van der Waals surface area contributed by atoms with Crippen LogP contribution in [0.5, 0.6) is 0 Å². The number of nitrogens with zero attached hydrogens (tertiary/aromatic N) is 6. The van der Waals surface area contributed by atoms with Gasteiger partial charge in [0.05, 0.1) is 22.9 Å². The molecule has 1 aliphatic rings. The van der Waals surface area contributed by atoms with E-state index in [0.717, 1.165) is 78.9 Å². The summed E-state index contributed by atoms with van der Waals surface area (Å²) < 4.78 is 4.10. The number of aryl methyl sites for hydroxylation is 3. The van der Waals surface area contributed by atoms with Crippen molar-refractivity contribution in [3.63, 3.8) is 0 Å². The normalized spacial score (nSPS) is 14.8. The monoisotopic (exact) mass is 471 g/mol. The topological polar surface area (TPSA) is 80.9 Å². The van der Waals surface area contributed by atoms with Crippen molar-refractivity contribution in [3.05, 3.63) is 59.0 Å². The molecule has 3 aromatic heterocycles. The zero-order valence-electron chi connectivity index (χ0n) is 21.0. The zero-order chi connectivity index (χ0) is 24.5. The van der Waals surface area contributed by atoms with E-state index in [-0.39, 0.29) is 5.91 Å². The van der Waals surface area contributed by atoms with Crippen molar-refractivity contribution in [1.82, 2.24) is 29.2 Å². The minimum absolute atomic E-state index is 0.179. The first-order valence-corrected chi connectivity index (χ1v) is 12.3. The van der Waals surface area contributed by atoms with Crippen LogP contribution in [0.1, 0.15) is 53.0 Å². The molecule has 35 heavy (non-hydrogen) atoms. The number of imidazole rings is 1. The fourth-order valence-electron chi connectivity index (χ4n) is 4.95. The Bertz CT molecular complexity index is 1380. The maximum Gasteiger partial charge on any atom is 0.258 e. The Morgan fingerprint density at radius 1 is 1.06 bits per heavy atom. The van der Waals surface area contributed by atoms with Crippen molar-refractivity contribution in [2.24, 2.45) is 7.05 Å². The minimum Gasteiger partial charge on any atom is -0.310 e. The first-order valence-electron chi connectivity index (χ1n) is 12.3. The Kier molecular flexibility index (Phi) is 6.38. The summed E-state index contributed by atoms with van der Waals surface area (Å²) in [7, 11) is 6.11. The van der Waals surface area contributed by atoms with Gasteiger partial charge >= 0.3 is 0 Å². The minimum atomic E-state index is -0.179. The van der Waals surface area contributed by atoms with Crippen LogP contribution in [0.4, 0.5) is 5.95 Å². The molecule has 4 aromatic rings. The second kappa shape index (κ2) is 9.62. The van der Waals surface area contributed by atoms with Crippen LogP contribution in [0.15, 0.2) is 36.5 Å². The highest BCUT2D eigenvalue weighted by Crippen LogP contribution is 2.27. The molecule has 0 saturated carbocycles. The molecule has 1 N–H and O–H groups in total. The lowest BCUT2D eigenvalue weighted by Gasteiger charge is -2.12. The third-order valence-corrected chi connectivity index (χ3v) is 6.64. The van der Waals surface area contributed by atoms with E-state index in [1.54, 1.807) is 0 Å². The van der Waals surface area contributed by atoms with Crippen molar-refractivity contribution in [2.45, 2.75) is 52.1 Å². The molecule has 2 bridgehead atoms.